The van der Waals surface area contributed by atoms with Crippen molar-refractivity contribution in [3.05, 3.63) is 35.4 Å². The minimum Gasteiger partial charge on any atom is -0.302 e. The van der Waals surface area contributed by atoms with Gasteiger partial charge in [-0.25, -0.2) is 8.78 Å². The molecule has 1 saturated heterocycles. The number of hydrogen-bond donors (Lipinski definition) is 2. The molecule has 2 amide bonds. The van der Waals surface area contributed by atoms with Crippen LogP contribution in [0.1, 0.15) is 18.4 Å². The van der Waals surface area contributed by atoms with E-state index in [-0.39, 0.29) is 24.8 Å². The predicted octanol–water partition coefficient (Wildman–Crippen LogP) is 0.860. The fraction of sp³-hybridized carbons (Fsp3) is 0.333. The van der Waals surface area contributed by atoms with Crippen LogP contribution in [0, 0.1) is 11.6 Å². The smallest absolute Gasteiger partial charge is 0.243 e. The number of amides is 2. The first-order valence-electron chi connectivity index (χ1n) is 5.57. The minimum absolute atomic E-state index is 0.240. The molecule has 1 aliphatic heterocycles. The summed E-state index contributed by atoms with van der Waals surface area (Å²) in [5.41, 5.74) is 0.540. The molecule has 0 aliphatic carbocycles. The lowest BCUT2D eigenvalue weighted by Crippen LogP contribution is -2.50. The van der Waals surface area contributed by atoms with E-state index in [0.717, 1.165) is 12.1 Å². The highest BCUT2D eigenvalue weighted by molar-refractivity contribution is 6.00. The van der Waals surface area contributed by atoms with Gasteiger partial charge in [-0.05, 0) is 24.1 Å². The quantitative estimate of drug-likeness (QED) is 0.786. The van der Waals surface area contributed by atoms with Gasteiger partial charge in [-0.1, -0.05) is 6.07 Å². The molecule has 1 unspecified atom stereocenters. The van der Waals surface area contributed by atoms with E-state index in [2.05, 4.69) is 10.6 Å². The van der Waals surface area contributed by atoms with Crippen molar-refractivity contribution in [3.63, 3.8) is 0 Å². The molecule has 2 N–H and O–H groups in total. The summed E-state index contributed by atoms with van der Waals surface area (Å²) in [5, 5.41) is 5.11. The van der Waals surface area contributed by atoms with Gasteiger partial charge in [0.2, 0.25) is 11.8 Å². The van der Waals surface area contributed by atoms with Crippen molar-refractivity contribution in [2.45, 2.75) is 25.4 Å². The zero-order valence-electron chi connectivity index (χ0n) is 9.50. The van der Waals surface area contributed by atoms with Crippen molar-refractivity contribution < 1.29 is 18.4 Å². The van der Waals surface area contributed by atoms with E-state index >= 15 is 0 Å². The molecule has 1 aliphatic rings. The molecule has 1 heterocycles. The number of hydrogen-bond acceptors (Lipinski definition) is 3. The predicted molar refractivity (Wildman–Crippen MR) is 59.4 cm³/mol. The van der Waals surface area contributed by atoms with E-state index < -0.39 is 17.7 Å². The Balaban J connectivity index is 1.93. The Morgan fingerprint density at radius 1 is 1.28 bits per heavy atom. The van der Waals surface area contributed by atoms with Gasteiger partial charge in [-0.15, -0.1) is 0 Å². The monoisotopic (exact) mass is 254 g/mol. The average Bonchev–Trinajstić information content (AvgIpc) is 2.32. The number of piperidine rings is 1. The van der Waals surface area contributed by atoms with Crippen molar-refractivity contribution in [2.24, 2.45) is 0 Å². The van der Waals surface area contributed by atoms with Crippen LogP contribution in [0.15, 0.2) is 18.2 Å². The molecule has 2 rings (SSSR count). The van der Waals surface area contributed by atoms with E-state index in [9.17, 15) is 18.4 Å². The Morgan fingerprint density at radius 2 is 2.06 bits per heavy atom. The molecule has 96 valence electrons. The Labute approximate surface area is 102 Å². The maximum Gasteiger partial charge on any atom is 0.243 e. The number of halogens is 2. The van der Waals surface area contributed by atoms with Crippen LogP contribution >= 0.6 is 0 Å². The van der Waals surface area contributed by atoms with E-state index in [1.807, 2.05) is 0 Å². The topological polar surface area (TPSA) is 58.2 Å². The molecule has 1 fully saturated rings. The zero-order valence-corrected chi connectivity index (χ0v) is 9.50. The van der Waals surface area contributed by atoms with Crippen LogP contribution in [-0.2, 0) is 16.1 Å². The van der Waals surface area contributed by atoms with E-state index in [1.54, 1.807) is 0 Å². The molecule has 0 bridgehead atoms. The van der Waals surface area contributed by atoms with Crippen molar-refractivity contribution in [2.75, 3.05) is 0 Å². The molecule has 1 aromatic carbocycles. The molecule has 4 nitrogen and oxygen atoms in total. The molecule has 6 heteroatoms. The lowest BCUT2D eigenvalue weighted by Gasteiger charge is -2.21. The number of carbonyl (C=O) groups is 2. The van der Waals surface area contributed by atoms with Gasteiger partial charge in [0.05, 0.1) is 6.04 Å². The first-order valence-corrected chi connectivity index (χ1v) is 5.57. The van der Waals surface area contributed by atoms with E-state index in [1.165, 1.54) is 6.07 Å². The normalized spacial score (nSPS) is 19.8. The van der Waals surface area contributed by atoms with Crippen molar-refractivity contribution in [1.29, 1.82) is 0 Å². The number of carbonyl (C=O) groups excluding carboxylic acids is 2. The second kappa shape index (κ2) is 5.22. The highest BCUT2D eigenvalue weighted by atomic mass is 19.2. The van der Waals surface area contributed by atoms with Crippen molar-refractivity contribution >= 4 is 11.8 Å². The average molecular weight is 254 g/mol. The molecule has 0 spiro atoms. The van der Waals surface area contributed by atoms with Gasteiger partial charge >= 0.3 is 0 Å². The van der Waals surface area contributed by atoms with Crippen LogP contribution in [0.25, 0.3) is 0 Å². The highest BCUT2D eigenvalue weighted by Gasteiger charge is 2.25. The van der Waals surface area contributed by atoms with Crippen LogP contribution < -0.4 is 10.6 Å². The molecule has 0 aromatic heterocycles. The Kier molecular flexibility index (Phi) is 3.66. The third kappa shape index (κ3) is 2.89. The highest BCUT2D eigenvalue weighted by Crippen LogP contribution is 2.10. The fourth-order valence-electron chi connectivity index (χ4n) is 1.78. The Hall–Kier alpha value is -1.82. The third-order valence-electron chi connectivity index (χ3n) is 2.78. The number of rotatable bonds is 3. The summed E-state index contributed by atoms with van der Waals surface area (Å²) in [7, 11) is 0. The summed E-state index contributed by atoms with van der Waals surface area (Å²) in [6, 6.07) is 3.08. The van der Waals surface area contributed by atoms with Crippen LogP contribution in [0.5, 0.6) is 0 Å². The Morgan fingerprint density at radius 3 is 2.72 bits per heavy atom. The van der Waals surface area contributed by atoms with Gasteiger partial charge in [0.15, 0.2) is 11.6 Å². The van der Waals surface area contributed by atoms with E-state index in [4.69, 9.17) is 0 Å². The lowest BCUT2D eigenvalue weighted by molar-refractivity contribution is -0.134. The molecule has 18 heavy (non-hydrogen) atoms. The van der Waals surface area contributed by atoms with Gasteiger partial charge in [0, 0.05) is 13.0 Å². The first-order chi connectivity index (χ1) is 8.56. The van der Waals surface area contributed by atoms with Gasteiger partial charge in [-0.3, -0.25) is 14.9 Å². The standard InChI is InChI=1S/C12H12F2N2O2/c13-8-2-1-7(5-9(8)14)6-15-10-3-4-11(17)16-12(10)18/h1-2,5,10,15H,3-4,6H2,(H,16,17,18). The maximum atomic E-state index is 12.9. The Bertz CT molecular complexity index is 491. The van der Waals surface area contributed by atoms with Gasteiger partial charge in [-0.2, -0.15) is 0 Å². The van der Waals surface area contributed by atoms with E-state index in [0.29, 0.717) is 12.0 Å². The summed E-state index contributed by atoms with van der Waals surface area (Å²) in [6.07, 6.45) is 0.690. The summed E-state index contributed by atoms with van der Waals surface area (Å²) in [6.45, 7) is 0.240. The third-order valence-corrected chi connectivity index (χ3v) is 2.78. The molecule has 1 atom stereocenters. The van der Waals surface area contributed by atoms with Crippen molar-refractivity contribution in [3.8, 4) is 0 Å². The summed E-state index contributed by atoms with van der Waals surface area (Å²) >= 11 is 0. The molecule has 0 radical (unpaired) electrons. The molecular weight excluding hydrogens is 242 g/mol. The fourth-order valence-corrected chi connectivity index (χ4v) is 1.78. The second-order valence-electron chi connectivity index (χ2n) is 4.13. The second-order valence-corrected chi connectivity index (χ2v) is 4.13. The number of nitrogens with one attached hydrogen (secondary N) is 2. The summed E-state index contributed by atoms with van der Waals surface area (Å²) in [5.74, 6) is -2.49. The number of benzene rings is 1. The molecule has 0 saturated carbocycles. The summed E-state index contributed by atoms with van der Waals surface area (Å²) in [4.78, 5) is 22.3. The molecular formula is C12H12F2N2O2. The maximum absolute atomic E-state index is 12.9. The SMILES string of the molecule is O=C1CCC(NCc2ccc(F)c(F)c2)C(=O)N1. The van der Waals surface area contributed by atoms with Gasteiger partial charge in [0.25, 0.3) is 0 Å². The summed E-state index contributed by atoms with van der Waals surface area (Å²) < 4.78 is 25.6. The number of imide groups is 1. The zero-order chi connectivity index (χ0) is 13.1. The molecule has 1 aromatic rings. The largest absolute Gasteiger partial charge is 0.302 e. The van der Waals surface area contributed by atoms with Crippen LogP contribution in [0.4, 0.5) is 8.78 Å². The minimum atomic E-state index is -0.919. The van der Waals surface area contributed by atoms with Gasteiger partial charge < -0.3 is 5.32 Å². The van der Waals surface area contributed by atoms with Crippen LogP contribution in [0.2, 0.25) is 0 Å². The van der Waals surface area contributed by atoms with Crippen LogP contribution in [0.3, 0.4) is 0 Å². The van der Waals surface area contributed by atoms with Gasteiger partial charge in [0.1, 0.15) is 0 Å². The lowest BCUT2D eigenvalue weighted by atomic mass is 10.1. The van der Waals surface area contributed by atoms with Crippen molar-refractivity contribution in [1.82, 2.24) is 10.6 Å². The first kappa shape index (κ1) is 12.6. The van der Waals surface area contributed by atoms with Crippen LogP contribution in [-0.4, -0.2) is 17.9 Å².